The van der Waals surface area contributed by atoms with Gasteiger partial charge in [-0.05, 0) is 31.2 Å². The van der Waals surface area contributed by atoms with Crippen LogP contribution in [0.1, 0.15) is 5.56 Å². The maximum absolute atomic E-state index is 13.1. The van der Waals surface area contributed by atoms with Gasteiger partial charge in [0.25, 0.3) is 5.91 Å². The molecule has 0 aliphatic rings. The number of hydrogen-bond acceptors (Lipinski definition) is 3. The van der Waals surface area contributed by atoms with Gasteiger partial charge in [0.05, 0.1) is 12.1 Å². The number of likely N-dealkylation sites (N-methyl/N-ethyl adjacent to an activating group) is 1. The van der Waals surface area contributed by atoms with Crippen LogP contribution in [0, 0.1) is 11.6 Å². The maximum Gasteiger partial charge on any atom is 0.315 e. The number of nitrogens with one attached hydrogen (secondary N) is 2. The third kappa shape index (κ3) is 5.68. The van der Waals surface area contributed by atoms with Gasteiger partial charge < -0.3 is 15.7 Å². The molecule has 118 valence electrons. The summed E-state index contributed by atoms with van der Waals surface area (Å²) in [5.74, 6) is -3.20. The molecule has 1 rings (SSSR count). The fourth-order valence-corrected chi connectivity index (χ4v) is 1.86. The minimum atomic E-state index is -3.24. The minimum absolute atomic E-state index is 0.0198. The summed E-state index contributed by atoms with van der Waals surface area (Å²) in [6.45, 7) is 0.0198. The summed E-state index contributed by atoms with van der Waals surface area (Å²) < 4.78 is 50.7. The van der Waals surface area contributed by atoms with Gasteiger partial charge in [-0.15, -0.1) is 0 Å². The summed E-state index contributed by atoms with van der Waals surface area (Å²) in [7, 11) is 1.52. The third-order valence-electron chi connectivity index (χ3n) is 2.78. The van der Waals surface area contributed by atoms with Crippen LogP contribution >= 0.6 is 0 Å². The van der Waals surface area contributed by atoms with E-state index in [9.17, 15) is 27.5 Å². The van der Waals surface area contributed by atoms with Gasteiger partial charge in [-0.2, -0.15) is 8.78 Å². The van der Waals surface area contributed by atoms with E-state index >= 15 is 0 Å². The van der Waals surface area contributed by atoms with Crippen LogP contribution in [0.2, 0.25) is 0 Å². The van der Waals surface area contributed by atoms with Crippen LogP contribution in [0.4, 0.5) is 17.6 Å². The summed E-state index contributed by atoms with van der Waals surface area (Å²) in [4.78, 5) is 11.0. The van der Waals surface area contributed by atoms with E-state index in [0.717, 1.165) is 12.1 Å². The Morgan fingerprint density at radius 3 is 2.29 bits per heavy atom. The van der Waals surface area contributed by atoms with E-state index in [1.807, 2.05) is 5.32 Å². The number of carbonyl (C=O) groups excluding carboxylic acids is 1. The molecule has 1 amide bonds. The molecule has 0 spiro atoms. The molecule has 1 aromatic rings. The fourth-order valence-electron chi connectivity index (χ4n) is 1.86. The summed E-state index contributed by atoms with van der Waals surface area (Å²) in [5.41, 5.74) is 0.141. The zero-order chi connectivity index (χ0) is 16.0. The first-order chi connectivity index (χ1) is 9.83. The lowest BCUT2D eigenvalue weighted by Gasteiger charge is -2.24. The molecule has 0 heterocycles. The van der Waals surface area contributed by atoms with Crippen molar-refractivity contribution in [2.45, 2.75) is 25.0 Å². The molecule has 0 saturated carbocycles. The SMILES string of the molecule is CNCC(O)C(Cc1cc(F)cc(F)c1)NC(=O)C(F)F. The first-order valence-electron chi connectivity index (χ1n) is 6.19. The molecule has 0 bridgehead atoms. The second-order valence-corrected chi connectivity index (χ2v) is 4.52. The average molecular weight is 308 g/mol. The smallest absolute Gasteiger partial charge is 0.315 e. The summed E-state index contributed by atoms with van der Waals surface area (Å²) in [5, 5.41) is 14.4. The lowest BCUT2D eigenvalue weighted by molar-refractivity contribution is -0.133. The predicted octanol–water partition coefficient (Wildman–Crippen LogP) is 0.837. The molecule has 4 nitrogen and oxygen atoms in total. The molecule has 0 aliphatic heterocycles. The van der Waals surface area contributed by atoms with Crippen LogP contribution in [0.5, 0.6) is 0 Å². The van der Waals surface area contributed by atoms with Crippen molar-refractivity contribution < 1.29 is 27.5 Å². The van der Waals surface area contributed by atoms with Crippen molar-refractivity contribution in [3.8, 4) is 0 Å². The van der Waals surface area contributed by atoms with Crippen LogP contribution in [-0.2, 0) is 11.2 Å². The van der Waals surface area contributed by atoms with E-state index in [1.165, 1.54) is 7.05 Å². The highest BCUT2D eigenvalue weighted by molar-refractivity contribution is 5.79. The van der Waals surface area contributed by atoms with Crippen molar-refractivity contribution in [2.75, 3.05) is 13.6 Å². The Morgan fingerprint density at radius 2 is 1.81 bits per heavy atom. The van der Waals surface area contributed by atoms with Gasteiger partial charge >= 0.3 is 6.43 Å². The molecule has 0 fully saturated rings. The maximum atomic E-state index is 13.1. The van der Waals surface area contributed by atoms with Crippen LogP contribution in [0.3, 0.4) is 0 Å². The Balaban J connectivity index is 2.87. The molecule has 21 heavy (non-hydrogen) atoms. The number of rotatable bonds is 7. The Bertz CT molecular complexity index is 465. The number of hydrogen-bond donors (Lipinski definition) is 3. The Kier molecular flexibility index (Phi) is 6.57. The van der Waals surface area contributed by atoms with E-state index in [1.54, 1.807) is 0 Å². The van der Waals surface area contributed by atoms with Crippen molar-refractivity contribution in [2.24, 2.45) is 0 Å². The first kappa shape index (κ1) is 17.4. The number of carbonyl (C=O) groups is 1. The molecule has 0 radical (unpaired) electrons. The summed E-state index contributed by atoms with van der Waals surface area (Å²) in [6, 6.07) is 1.59. The van der Waals surface area contributed by atoms with Crippen molar-refractivity contribution in [3.05, 3.63) is 35.4 Å². The number of halogens is 4. The van der Waals surface area contributed by atoms with E-state index in [2.05, 4.69) is 5.32 Å². The second kappa shape index (κ2) is 7.94. The van der Waals surface area contributed by atoms with Crippen LogP contribution in [0.25, 0.3) is 0 Å². The number of aliphatic hydroxyl groups excluding tert-OH is 1. The molecule has 2 unspecified atom stereocenters. The lowest BCUT2D eigenvalue weighted by Crippen LogP contribution is -2.49. The second-order valence-electron chi connectivity index (χ2n) is 4.52. The highest BCUT2D eigenvalue weighted by Crippen LogP contribution is 2.12. The van der Waals surface area contributed by atoms with E-state index in [4.69, 9.17) is 0 Å². The Morgan fingerprint density at radius 1 is 1.24 bits per heavy atom. The molecule has 3 N–H and O–H groups in total. The summed E-state index contributed by atoms with van der Waals surface area (Å²) in [6.07, 6.45) is -4.61. The number of aliphatic hydroxyl groups is 1. The summed E-state index contributed by atoms with van der Waals surface area (Å²) >= 11 is 0. The van der Waals surface area contributed by atoms with Crippen molar-refractivity contribution in [1.82, 2.24) is 10.6 Å². The Labute approximate surface area is 119 Å². The molecular formula is C13H16F4N2O2. The molecular weight excluding hydrogens is 292 g/mol. The third-order valence-corrected chi connectivity index (χ3v) is 2.78. The zero-order valence-electron chi connectivity index (χ0n) is 11.2. The topological polar surface area (TPSA) is 61.4 Å². The molecule has 0 aliphatic carbocycles. The lowest BCUT2D eigenvalue weighted by atomic mass is 10.0. The highest BCUT2D eigenvalue weighted by atomic mass is 19.3. The van der Waals surface area contributed by atoms with E-state index < -0.39 is 36.1 Å². The standard InChI is InChI=1S/C13H16F4N2O2/c1-18-6-11(20)10(19-13(21)12(16)17)4-7-2-8(14)5-9(15)3-7/h2-3,5,10-12,18,20H,4,6H2,1H3,(H,19,21). The van der Waals surface area contributed by atoms with Gasteiger partial charge in [0.2, 0.25) is 0 Å². The first-order valence-corrected chi connectivity index (χ1v) is 6.19. The van der Waals surface area contributed by atoms with Crippen LogP contribution in [0.15, 0.2) is 18.2 Å². The van der Waals surface area contributed by atoms with Crippen molar-refractivity contribution >= 4 is 5.91 Å². The van der Waals surface area contributed by atoms with Crippen molar-refractivity contribution in [3.63, 3.8) is 0 Å². The van der Waals surface area contributed by atoms with Gasteiger partial charge in [-0.25, -0.2) is 8.78 Å². The zero-order valence-corrected chi connectivity index (χ0v) is 11.2. The van der Waals surface area contributed by atoms with E-state index in [0.29, 0.717) is 6.07 Å². The van der Waals surface area contributed by atoms with Gasteiger partial charge in [0, 0.05) is 12.6 Å². The van der Waals surface area contributed by atoms with Gasteiger partial charge in [0.1, 0.15) is 11.6 Å². The van der Waals surface area contributed by atoms with Gasteiger partial charge in [-0.3, -0.25) is 4.79 Å². The molecule has 0 saturated heterocycles. The number of amides is 1. The van der Waals surface area contributed by atoms with Crippen LogP contribution < -0.4 is 10.6 Å². The number of benzene rings is 1. The molecule has 0 aromatic heterocycles. The van der Waals surface area contributed by atoms with E-state index in [-0.39, 0.29) is 18.5 Å². The Hall–Kier alpha value is -1.67. The monoisotopic (exact) mass is 308 g/mol. The quantitative estimate of drug-likeness (QED) is 0.654. The minimum Gasteiger partial charge on any atom is -0.390 e. The normalized spacial score (nSPS) is 14.0. The molecule has 8 heteroatoms. The fraction of sp³-hybridized carbons (Fsp3) is 0.462. The van der Waals surface area contributed by atoms with Gasteiger partial charge in [-0.1, -0.05) is 0 Å². The average Bonchev–Trinajstić information content (AvgIpc) is 2.36. The largest absolute Gasteiger partial charge is 0.390 e. The number of alkyl halides is 2. The molecule has 2 atom stereocenters. The van der Waals surface area contributed by atoms with Crippen molar-refractivity contribution in [1.29, 1.82) is 0 Å². The highest BCUT2D eigenvalue weighted by Gasteiger charge is 2.25. The van der Waals surface area contributed by atoms with Gasteiger partial charge in [0.15, 0.2) is 0 Å². The molecule has 1 aromatic carbocycles. The van der Waals surface area contributed by atoms with Crippen LogP contribution in [-0.4, -0.2) is 43.2 Å². The predicted molar refractivity (Wildman–Crippen MR) is 67.9 cm³/mol.